The van der Waals surface area contributed by atoms with E-state index in [1.165, 1.54) is 6.92 Å². The number of benzene rings is 1. The second kappa shape index (κ2) is 6.94. The molecule has 1 heterocycles. The van der Waals surface area contributed by atoms with Crippen molar-refractivity contribution in [3.8, 4) is 11.5 Å². The van der Waals surface area contributed by atoms with E-state index in [0.717, 1.165) is 11.1 Å². The van der Waals surface area contributed by atoms with Gasteiger partial charge >= 0.3 is 0 Å². The summed E-state index contributed by atoms with van der Waals surface area (Å²) in [6, 6.07) is 4.69. The normalized spacial score (nSPS) is 14.4. The van der Waals surface area contributed by atoms with Crippen LogP contribution in [-0.4, -0.2) is 32.0 Å². The third-order valence-electron chi connectivity index (χ3n) is 3.59. The van der Waals surface area contributed by atoms with E-state index in [4.69, 9.17) is 10.2 Å². The van der Waals surface area contributed by atoms with Gasteiger partial charge < -0.3 is 10.2 Å². The maximum absolute atomic E-state index is 12.4. The summed E-state index contributed by atoms with van der Waals surface area (Å²) in [4.78, 5) is 11.9. The van der Waals surface area contributed by atoms with Crippen LogP contribution in [0.2, 0.25) is 0 Å². The smallest absolute Gasteiger partial charge is 0.247 e. The molecule has 24 heavy (non-hydrogen) atoms. The number of rotatable bonds is 5. The Bertz CT molecular complexity index is 778. The zero-order valence-corrected chi connectivity index (χ0v) is 15.4. The van der Waals surface area contributed by atoms with Crippen molar-refractivity contribution in [3.05, 3.63) is 29.7 Å². The SMILES string of the molecule is CC(=O)[C@@H](N)CS(=O)c1ccc(-c2nnc(C(C)(C)C)o2)cc1C. The van der Waals surface area contributed by atoms with Gasteiger partial charge in [0.2, 0.25) is 11.8 Å². The van der Waals surface area contributed by atoms with Crippen LogP contribution in [0.5, 0.6) is 0 Å². The Labute approximate surface area is 144 Å². The Hall–Kier alpha value is -1.86. The Balaban J connectivity index is 2.25. The van der Waals surface area contributed by atoms with Crippen molar-refractivity contribution in [1.29, 1.82) is 0 Å². The molecule has 0 spiro atoms. The molecule has 2 atom stereocenters. The van der Waals surface area contributed by atoms with Gasteiger partial charge in [-0.2, -0.15) is 0 Å². The number of ketones is 1. The van der Waals surface area contributed by atoms with Gasteiger partial charge in [0.15, 0.2) is 0 Å². The van der Waals surface area contributed by atoms with E-state index in [0.29, 0.717) is 16.7 Å². The number of nitrogens with zero attached hydrogens (tertiary/aromatic N) is 2. The first-order chi connectivity index (χ1) is 11.1. The maximum Gasteiger partial charge on any atom is 0.247 e. The van der Waals surface area contributed by atoms with Crippen molar-refractivity contribution in [2.75, 3.05) is 5.75 Å². The lowest BCUT2D eigenvalue weighted by molar-refractivity contribution is -0.117. The maximum atomic E-state index is 12.4. The first-order valence-corrected chi connectivity index (χ1v) is 9.01. The molecule has 2 rings (SSSR count). The lowest BCUT2D eigenvalue weighted by Crippen LogP contribution is -2.34. The summed E-state index contributed by atoms with van der Waals surface area (Å²) in [5.74, 6) is 0.943. The summed E-state index contributed by atoms with van der Waals surface area (Å²) in [6.07, 6.45) is 0. The Morgan fingerprint density at radius 2 is 2.00 bits per heavy atom. The Kier molecular flexibility index (Phi) is 5.35. The predicted molar refractivity (Wildman–Crippen MR) is 93.1 cm³/mol. The molecule has 7 heteroatoms. The fourth-order valence-corrected chi connectivity index (χ4v) is 3.43. The molecule has 0 aliphatic carbocycles. The van der Waals surface area contributed by atoms with E-state index in [9.17, 15) is 9.00 Å². The van der Waals surface area contributed by atoms with E-state index in [2.05, 4.69) is 10.2 Å². The van der Waals surface area contributed by atoms with Gasteiger partial charge in [0.25, 0.3) is 0 Å². The van der Waals surface area contributed by atoms with E-state index in [1.54, 1.807) is 12.1 Å². The molecular formula is C17H23N3O3S. The minimum Gasteiger partial charge on any atom is -0.420 e. The molecule has 2 aromatic rings. The van der Waals surface area contributed by atoms with Crippen LogP contribution in [-0.2, 0) is 21.0 Å². The molecule has 0 saturated heterocycles. The number of Topliss-reactive ketones (excluding diaryl/α,β-unsaturated/α-hetero) is 1. The number of hydrogen-bond donors (Lipinski definition) is 1. The zero-order chi connectivity index (χ0) is 18.1. The van der Waals surface area contributed by atoms with Crippen LogP contribution in [0.25, 0.3) is 11.5 Å². The highest BCUT2D eigenvalue weighted by Crippen LogP contribution is 2.27. The van der Waals surface area contributed by atoms with Crippen LogP contribution in [0, 0.1) is 6.92 Å². The number of hydrogen-bond acceptors (Lipinski definition) is 6. The highest BCUT2D eigenvalue weighted by molar-refractivity contribution is 7.85. The molecule has 0 radical (unpaired) electrons. The van der Waals surface area contributed by atoms with Crippen LogP contribution >= 0.6 is 0 Å². The monoisotopic (exact) mass is 349 g/mol. The summed E-state index contributed by atoms with van der Waals surface area (Å²) in [6.45, 7) is 9.26. The average molecular weight is 349 g/mol. The van der Waals surface area contributed by atoms with Gasteiger partial charge in [-0.3, -0.25) is 9.00 Å². The van der Waals surface area contributed by atoms with E-state index in [1.807, 2.05) is 33.8 Å². The Morgan fingerprint density at radius 3 is 2.50 bits per heavy atom. The van der Waals surface area contributed by atoms with Gasteiger partial charge in [0.05, 0.1) is 22.6 Å². The van der Waals surface area contributed by atoms with Gasteiger partial charge in [0, 0.05) is 15.9 Å². The summed E-state index contributed by atoms with van der Waals surface area (Å²) in [5.41, 5.74) is 7.08. The minimum atomic E-state index is -1.33. The number of carbonyl (C=O) groups is 1. The van der Waals surface area contributed by atoms with E-state index >= 15 is 0 Å². The third kappa shape index (κ3) is 4.15. The molecule has 0 fully saturated rings. The number of carbonyl (C=O) groups excluding carboxylic acids is 1. The highest BCUT2D eigenvalue weighted by Gasteiger charge is 2.22. The summed E-state index contributed by atoms with van der Waals surface area (Å²) in [5, 5.41) is 8.16. The topological polar surface area (TPSA) is 99.1 Å². The van der Waals surface area contributed by atoms with Crippen molar-refractivity contribution >= 4 is 16.6 Å². The van der Waals surface area contributed by atoms with Gasteiger partial charge in [-0.15, -0.1) is 10.2 Å². The quantitative estimate of drug-likeness (QED) is 0.889. The molecule has 6 nitrogen and oxygen atoms in total. The fraction of sp³-hybridized carbons (Fsp3) is 0.471. The van der Waals surface area contributed by atoms with Crippen LogP contribution in [0.4, 0.5) is 0 Å². The summed E-state index contributed by atoms with van der Waals surface area (Å²) in [7, 11) is -1.33. The standard InChI is InChI=1S/C17H23N3O3S/c1-10-8-12(15-19-20-16(23-15)17(3,4)5)6-7-14(10)24(22)9-13(18)11(2)21/h6-8,13H,9,18H2,1-5H3/t13-,24?/m0/s1. The first-order valence-electron chi connectivity index (χ1n) is 7.69. The molecule has 0 saturated carbocycles. The predicted octanol–water partition coefficient (Wildman–Crippen LogP) is 2.37. The molecule has 1 aromatic heterocycles. The molecule has 1 unspecified atom stereocenters. The van der Waals surface area contributed by atoms with Crippen LogP contribution in [0.3, 0.4) is 0 Å². The molecule has 0 amide bonds. The van der Waals surface area contributed by atoms with Gasteiger partial charge in [-0.25, -0.2) is 0 Å². The molecule has 2 N–H and O–H groups in total. The number of aryl methyl sites for hydroxylation is 1. The third-order valence-corrected chi connectivity index (χ3v) is 5.20. The molecule has 0 bridgehead atoms. The molecule has 1 aromatic carbocycles. The lowest BCUT2D eigenvalue weighted by Gasteiger charge is -2.11. The highest BCUT2D eigenvalue weighted by atomic mass is 32.2. The van der Waals surface area contributed by atoms with Crippen LogP contribution in [0.1, 0.15) is 39.1 Å². The van der Waals surface area contributed by atoms with Gasteiger partial charge in [-0.1, -0.05) is 20.8 Å². The van der Waals surface area contributed by atoms with E-state index < -0.39 is 16.8 Å². The second-order valence-electron chi connectivity index (χ2n) is 6.87. The summed E-state index contributed by atoms with van der Waals surface area (Å²) >= 11 is 0. The zero-order valence-electron chi connectivity index (χ0n) is 14.6. The number of nitrogens with two attached hydrogens (primary N) is 1. The van der Waals surface area contributed by atoms with Crippen molar-refractivity contribution in [2.45, 2.75) is 51.0 Å². The van der Waals surface area contributed by atoms with Crippen LogP contribution < -0.4 is 5.73 Å². The van der Waals surface area contributed by atoms with Gasteiger partial charge in [-0.05, 0) is 37.6 Å². The van der Waals surface area contributed by atoms with Crippen molar-refractivity contribution in [1.82, 2.24) is 10.2 Å². The molecule has 0 aliphatic heterocycles. The van der Waals surface area contributed by atoms with Crippen molar-refractivity contribution < 1.29 is 13.4 Å². The van der Waals surface area contributed by atoms with Crippen molar-refractivity contribution in [2.24, 2.45) is 5.73 Å². The number of aromatic nitrogens is 2. The van der Waals surface area contributed by atoms with Gasteiger partial charge in [0.1, 0.15) is 5.78 Å². The lowest BCUT2D eigenvalue weighted by atomic mass is 9.97. The second-order valence-corrected chi connectivity index (χ2v) is 8.34. The Morgan fingerprint density at radius 1 is 1.33 bits per heavy atom. The molecular weight excluding hydrogens is 326 g/mol. The van der Waals surface area contributed by atoms with E-state index in [-0.39, 0.29) is 17.0 Å². The summed E-state index contributed by atoms with van der Waals surface area (Å²) < 4.78 is 18.1. The van der Waals surface area contributed by atoms with Crippen molar-refractivity contribution in [3.63, 3.8) is 0 Å². The molecule has 0 aliphatic rings. The fourth-order valence-electron chi connectivity index (χ4n) is 2.05. The van der Waals surface area contributed by atoms with Crippen LogP contribution in [0.15, 0.2) is 27.5 Å². The first kappa shape index (κ1) is 18.5. The molecule has 130 valence electrons. The largest absolute Gasteiger partial charge is 0.420 e. The average Bonchev–Trinajstić information content (AvgIpc) is 2.96. The minimum absolute atomic E-state index is 0.115.